The van der Waals surface area contributed by atoms with E-state index in [0.717, 1.165) is 18.6 Å². The molecule has 0 aliphatic carbocycles. The molecule has 0 bridgehead atoms. The first-order chi connectivity index (χ1) is 18.4. The van der Waals surface area contributed by atoms with Gasteiger partial charge in [0.15, 0.2) is 0 Å². The molecule has 0 radical (unpaired) electrons. The molecule has 38 heavy (non-hydrogen) atoms. The summed E-state index contributed by atoms with van der Waals surface area (Å²) in [6.07, 6.45) is 4.06. The van der Waals surface area contributed by atoms with Crippen LogP contribution in [0.4, 0.5) is 0 Å². The third-order valence-corrected chi connectivity index (χ3v) is 8.99. The highest BCUT2D eigenvalue weighted by Crippen LogP contribution is 2.21. The van der Waals surface area contributed by atoms with E-state index in [9.17, 15) is 19.2 Å². The largest absolute Gasteiger partial charge is 0.465 e. The number of hydrogen-bond acceptors (Lipinski definition) is 14. The summed E-state index contributed by atoms with van der Waals surface area (Å²) in [4.78, 5) is 48.0. The van der Waals surface area contributed by atoms with Gasteiger partial charge in [-0.05, 0) is 19.4 Å². The molecule has 14 heteroatoms. The van der Waals surface area contributed by atoms with Gasteiger partial charge in [-0.15, -0.1) is 0 Å². The minimum Gasteiger partial charge on any atom is -0.465 e. The van der Waals surface area contributed by atoms with Gasteiger partial charge in [0.1, 0.15) is 26.4 Å². The smallest absolute Gasteiger partial charge is 0.330 e. The van der Waals surface area contributed by atoms with E-state index in [4.69, 9.17) is 24.1 Å². The normalized spacial score (nSPS) is 10.6. The summed E-state index contributed by atoms with van der Waals surface area (Å²) in [5.74, 6) is 1.01. The fourth-order valence-electron chi connectivity index (χ4n) is 2.51. The van der Waals surface area contributed by atoms with Crippen LogP contribution in [-0.4, -0.2) is 110 Å². The minimum atomic E-state index is -0.445. The van der Waals surface area contributed by atoms with Crippen molar-refractivity contribution < 1.29 is 43.2 Å². The summed E-state index contributed by atoms with van der Waals surface area (Å²) in [5, 5.41) is 9.04. The Bertz CT molecular complexity index is 646. The fourth-order valence-corrected chi connectivity index (χ4v) is 5.82. The Hall–Kier alpha value is -1.32. The standard InChI is InChI=1S/C24H39NO9S4/c1-3-21(27)31-13-17-35-37-19-15-33-23(29)7-10-25(9-5-6-12-26)11-8-24(30)34-16-20-38-36-18-14-32-22(28)4-2/h3-4,26H,1-2,5-20H2. The molecule has 0 saturated carbocycles. The number of unbranched alkanes of at least 4 members (excludes halogenated alkanes) is 1. The predicted octanol–water partition coefficient (Wildman–Crippen LogP) is 3.15. The van der Waals surface area contributed by atoms with E-state index in [1.54, 1.807) is 0 Å². The molecule has 0 aromatic carbocycles. The lowest BCUT2D eigenvalue weighted by atomic mass is 10.2. The zero-order valence-electron chi connectivity index (χ0n) is 21.7. The van der Waals surface area contributed by atoms with Crippen LogP contribution in [-0.2, 0) is 38.1 Å². The maximum absolute atomic E-state index is 12.1. The number of aliphatic hydroxyl groups excluding tert-OH is 1. The summed E-state index contributed by atoms with van der Waals surface area (Å²) >= 11 is 0. The Kier molecular flexibility index (Phi) is 26.3. The lowest BCUT2D eigenvalue weighted by molar-refractivity contribution is -0.143. The van der Waals surface area contributed by atoms with Gasteiger partial charge in [0.2, 0.25) is 0 Å². The van der Waals surface area contributed by atoms with Gasteiger partial charge in [-0.25, -0.2) is 9.59 Å². The van der Waals surface area contributed by atoms with Gasteiger partial charge in [-0.3, -0.25) is 9.59 Å². The van der Waals surface area contributed by atoms with Gasteiger partial charge in [-0.2, -0.15) is 0 Å². The summed E-state index contributed by atoms with van der Waals surface area (Å²) in [7, 11) is 6.12. The van der Waals surface area contributed by atoms with Crippen molar-refractivity contribution in [3.8, 4) is 0 Å². The van der Waals surface area contributed by atoms with Crippen LogP contribution in [0.15, 0.2) is 25.3 Å². The predicted molar refractivity (Wildman–Crippen MR) is 156 cm³/mol. The maximum atomic E-state index is 12.1. The van der Waals surface area contributed by atoms with Crippen LogP contribution in [0.25, 0.3) is 0 Å². The lowest BCUT2D eigenvalue weighted by Gasteiger charge is -2.21. The highest BCUT2D eigenvalue weighted by molar-refractivity contribution is 8.77. The van der Waals surface area contributed by atoms with Gasteiger partial charge in [0, 0.05) is 54.9 Å². The van der Waals surface area contributed by atoms with Crippen molar-refractivity contribution in [2.45, 2.75) is 25.7 Å². The topological polar surface area (TPSA) is 129 Å². The summed E-state index contributed by atoms with van der Waals surface area (Å²) in [6, 6.07) is 0. The first-order valence-electron chi connectivity index (χ1n) is 12.1. The molecule has 218 valence electrons. The zero-order valence-corrected chi connectivity index (χ0v) is 24.9. The SMILES string of the molecule is C=CC(=O)OCCSSCCOC(=O)CCN(CCCCO)CCC(=O)OCCSSCCOC(=O)C=C. The quantitative estimate of drug-likeness (QED) is 0.0504. The molecule has 0 aromatic heterocycles. The fraction of sp³-hybridized carbons (Fsp3) is 0.667. The van der Waals surface area contributed by atoms with Gasteiger partial charge in [-0.1, -0.05) is 56.3 Å². The Balaban J connectivity index is 3.97. The van der Waals surface area contributed by atoms with E-state index in [1.165, 1.54) is 43.2 Å². The zero-order chi connectivity index (χ0) is 28.3. The second-order valence-electron chi connectivity index (χ2n) is 7.24. The van der Waals surface area contributed by atoms with Crippen molar-refractivity contribution in [2.24, 2.45) is 0 Å². The molecule has 0 atom stereocenters. The van der Waals surface area contributed by atoms with Crippen LogP contribution in [0.1, 0.15) is 25.7 Å². The Morgan fingerprint density at radius 1 is 0.632 bits per heavy atom. The Morgan fingerprint density at radius 3 is 1.39 bits per heavy atom. The first kappa shape index (κ1) is 36.7. The van der Waals surface area contributed by atoms with Crippen LogP contribution >= 0.6 is 43.2 Å². The average Bonchev–Trinajstić information content (AvgIpc) is 2.92. The molecule has 0 fully saturated rings. The van der Waals surface area contributed by atoms with Crippen LogP contribution in [0, 0.1) is 0 Å². The number of carbonyl (C=O) groups is 4. The van der Waals surface area contributed by atoms with Crippen LogP contribution < -0.4 is 0 Å². The van der Waals surface area contributed by atoms with E-state index in [-0.39, 0.29) is 44.6 Å². The van der Waals surface area contributed by atoms with Crippen LogP contribution in [0.2, 0.25) is 0 Å². The average molecular weight is 614 g/mol. The number of hydrogen-bond donors (Lipinski definition) is 1. The molecular formula is C24H39NO9S4. The summed E-state index contributed by atoms with van der Waals surface area (Å²) < 4.78 is 20.3. The van der Waals surface area contributed by atoms with Gasteiger partial charge >= 0.3 is 23.9 Å². The monoisotopic (exact) mass is 613 g/mol. The summed E-state index contributed by atoms with van der Waals surface area (Å²) in [5.41, 5.74) is 0. The van der Waals surface area contributed by atoms with Crippen molar-refractivity contribution in [1.82, 2.24) is 4.90 Å². The molecule has 0 rings (SSSR count). The Labute approximate surface area is 241 Å². The van der Waals surface area contributed by atoms with Crippen molar-refractivity contribution in [2.75, 3.05) is 75.7 Å². The molecular weight excluding hydrogens is 575 g/mol. The molecule has 0 heterocycles. The van der Waals surface area contributed by atoms with E-state index >= 15 is 0 Å². The third-order valence-electron chi connectivity index (χ3n) is 4.33. The number of ether oxygens (including phenoxy) is 4. The molecule has 0 aromatic rings. The number of carbonyl (C=O) groups excluding carboxylic acids is 4. The molecule has 10 nitrogen and oxygen atoms in total. The number of nitrogens with zero attached hydrogens (tertiary/aromatic N) is 1. The van der Waals surface area contributed by atoms with Crippen LogP contribution in [0.5, 0.6) is 0 Å². The molecule has 0 aliphatic rings. The van der Waals surface area contributed by atoms with Gasteiger partial charge in [0.25, 0.3) is 0 Å². The highest BCUT2D eigenvalue weighted by Gasteiger charge is 2.12. The van der Waals surface area contributed by atoms with E-state index in [1.807, 2.05) is 4.90 Å². The second-order valence-corrected chi connectivity index (χ2v) is 12.6. The minimum absolute atomic E-state index is 0.0939. The molecule has 0 saturated heterocycles. The molecule has 1 N–H and O–H groups in total. The van der Waals surface area contributed by atoms with Gasteiger partial charge in [0.05, 0.1) is 12.8 Å². The second kappa shape index (κ2) is 27.3. The number of aliphatic hydroxyl groups is 1. The number of esters is 4. The summed E-state index contributed by atoms with van der Waals surface area (Å²) in [6.45, 7) is 9.50. The van der Waals surface area contributed by atoms with Crippen LogP contribution in [0.3, 0.4) is 0 Å². The van der Waals surface area contributed by atoms with Crippen molar-refractivity contribution in [3.63, 3.8) is 0 Å². The Morgan fingerprint density at radius 2 is 1.03 bits per heavy atom. The lowest BCUT2D eigenvalue weighted by Crippen LogP contribution is -2.31. The first-order valence-corrected chi connectivity index (χ1v) is 17.1. The molecule has 0 unspecified atom stereocenters. The van der Waals surface area contributed by atoms with E-state index < -0.39 is 11.9 Å². The van der Waals surface area contributed by atoms with E-state index in [2.05, 4.69) is 13.2 Å². The maximum Gasteiger partial charge on any atom is 0.330 e. The van der Waals surface area contributed by atoms with E-state index in [0.29, 0.717) is 62.3 Å². The number of rotatable bonds is 26. The molecule has 0 spiro atoms. The van der Waals surface area contributed by atoms with Crippen molar-refractivity contribution >= 4 is 67.1 Å². The molecule has 0 amide bonds. The molecule has 0 aliphatic heterocycles. The van der Waals surface area contributed by atoms with Crippen molar-refractivity contribution in [1.29, 1.82) is 0 Å². The van der Waals surface area contributed by atoms with Gasteiger partial charge < -0.3 is 29.0 Å². The van der Waals surface area contributed by atoms with Crippen molar-refractivity contribution in [3.05, 3.63) is 25.3 Å². The third kappa shape index (κ3) is 25.0. The highest BCUT2D eigenvalue weighted by atomic mass is 33.1.